The van der Waals surface area contributed by atoms with E-state index in [4.69, 9.17) is 9.47 Å². The topological polar surface area (TPSA) is 56.2 Å². The first-order valence-corrected chi connectivity index (χ1v) is 9.17. The summed E-state index contributed by atoms with van der Waals surface area (Å²) in [6.07, 6.45) is 0. The maximum Gasteiger partial charge on any atom is 0.326 e. The molecule has 0 amide bonds. The van der Waals surface area contributed by atoms with Crippen LogP contribution in [0.5, 0.6) is 11.5 Å². The Hall–Kier alpha value is -3.47. The first-order valence-electron chi connectivity index (χ1n) is 9.17. The monoisotopic (exact) mass is 374 g/mol. The molecule has 3 aromatic carbocycles. The Balaban J connectivity index is 1.56. The van der Waals surface area contributed by atoms with Crippen molar-refractivity contribution in [1.29, 1.82) is 0 Å². The molecule has 0 radical (unpaired) electrons. The molecule has 0 aliphatic heterocycles. The Morgan fingerprint density at radius 3 is 2.57 bits per heavy atom. The number of aromatic amines is 1. The molecule has 0 aliphatic rings. The average Bonchev–Trinajstić information content (AvgIpc) is 3.03. The normalized spacial score (nSPS) is 10.9. The van der Waals surface area contributed by atoms with Crippen molar-refractivity contribution in [3.63, 3.8) is 0 Å². The summed E-state index contributed by atoms with van der Waals surface area (Å²) in [6, 6.07) is 21.6. The van der Waals surface area contributed by atoms with Gasteiger partial charge in [0.05, 0.1) is 24.7 Å². The molecule has 142 valence electrons. The van der Waals surface area contributed by atoms with Gasteiger partial charge in [-0.25, -0.2) is 4.79 Å². The zero-order valence-electron chi connectivity index (χ0n) is 15.9. The lowest BCUT2D eigenvalue weighted by molar-refractivity contribution is 0.303. The summed E-state index contributed by atoms with van der Waals surface area (Å²) in [7, 11) is 1.63. The summed E-state index contributed by atoms with van der Waals surface area (Å²) in [4.78, 5) is 15.2. The maximum absolute atomic E-state index is 12.3. The van der Waals surface area contributed by atoms with Crippen LogP contribution >= 0.6 is 0 Å². The van der Waals surface area contributed by atoms with Crippen LogP contribution in [-0.2, 0) is 13.2 Å². The minimum atomic E-state index is -0.136. The number of H-pyrrole nitrogens is 1. The second-order valence-corrected chi connectivity index (χ2v) is 6.78. The van der Waals surface area contributed by atoms with Crippen molar-refractivity contribution in [2.24, 2.45) is 0 Å². The Morgan fingerprint density at radius 2 is 1.79 bits per heavy atom. The van der Waals surface area contributed by atoms with Gasteiger partial charge < -0.3 is 14.5 Å². The molecule has 0 unspecified atom stereocenters. The molecule has 5 heteroatoms. The number of hydrogen-bond donors (Lipinski definition) is 1. The quantitative estimate of drug-likeness (QED) is 0.548. The number of ether oxygens (including phenoxy) is 2. The summed E-state index contributed by atoms with van der Waals surface area (Å²) in [6.45, 7) is 2.97. The highest BCUT2D eigenvalue weighted by Gasteiger charge is 2.11. The summed E-state index contributed by atoms with van der Waals surface area (Å²) in [5, 5.41) is 0. The molecule has 0 atom stereocenters. The van der Waals surface area contributed by atoms with E-state index >= 15 is 0 Å². The molecule has 28 heavy (non-hydrogen) atoms. The summed E-state index contributed by atoms with van der Waals surface area (Å²) < 4.78 is 13.2. The van der Waals surface area contributed by atoms with Crippen LogP contribution in [-0.4, -0.2) is 16.7 Å². The Kier molecular flexibility index (Phi) is 4.89. The van der Waals surface area contributed by atoms with E-state index in [1.165, 1.54) is 5.56 Å². The van der Waals surface area contributed by atoms with Crippen LogP contribution in [0.4, 0.5) is 0 Å². The molecular formula is C23H22N2O3. The highest BCUT2D eigenvalue weighted by molar-refractivity contribution is 5.75. The molecule has 0 bridgehead atoms. The predicted octanol–water partition coefficient (Wildman–Crippen LogP) is 4.27. The van der Waals surface area contributed by atoms with Gasteiger partial charge in [0.1, 0.15) is 18.1 Å². The molecule has 1 N–H and O–H groups in total. The fourth-order valence-corrected chi connectivity index (χ4v) is 3.23. The lowest BCUT2D eigenvalue weighted by Crippen LogP contribution is -2.17. The smallest absolute Gasteiger partial charge is 0.326 e. The van der Waals surface area contributed by atoms with Crippen LogP contribution in [0, 0.1) is 6.92 Å². The standard InChI is InChI=1S/C23H22N2O3/c1-16-7-9-17(10-8-16)15-28-19-12-11-18(22(13-19)27-2)14-25-21-6-4-3-5-20(21)24-23(25)26/h3-13H,14-15H2,1-2H3,(H,24,26). The number of benzene rings is 3. The van der Waals surface area contributed by atoms with E-state index in [1.54, 1.807) is 11.7 Å². The van der Waals surface area contributed by atoms with Gasteiger partial charge in [-0.1, -0.05) is 42.0 Å². The third-order valence-corrected chi connectivity index (χ3v) is 4.79. The van der Waals surface area contributed by atoms with Crippen LogP contribution in [0.15, 0.2) is 71.5 Å². The van der Waals surface area contributed by atoms with Crippen molar-refractivity contribution in [3.05, 3.63) is 93.9 Å². The number of para-hydroxylation sites is 2. The van der Waals surface area contributed by atoms with Crippen molar-refractivity contribution in [3.8, 4) is 11.5 Å². The second kappa shape index (κ2) is 7.64. The van der Waals surface area contributed by atoms with Gasteiger partial charge in [0.15, 0.2) is 0 Å². The van der Waals surface area contributed by atoms with Crippen molar-refractivity contribution >= 4 is 11.0 Å². The number of methoxy groups -OCH3 is 1. The van der Waals surface area contributed by atoms with Crippen LogP contribution in [0.2, 0.25) is 0 Å². The first kappa shape index (κ1) is 17.9. The molecular weight excluding hydrogens is 352 g/mol. The van der Waals surface area contributed by atoms with E-state index in [0.717, 1.165) is 27.9 Å². The Labute approximate surface area is 163 Å². The molecule has 0 aliphatic carbocycles. The van der Waals surface area contributed by atoms with Crippen molar-refractivity contribution in [2.75, 3.05) is 7.11 Å². The number of fused-ring (bicyclic) bond motifs is 1. The first-order chi connectivity index (χ1) is 13.6. The summed E-state index contributed by atoms with van der Waals surface area (Å²) in [5.41, 5.74) is 4.81. The molecule has 0 spiro atoms. The van der Waals surface area contributed by atoms with Gasteiger partial charge in [0.2, 0.25) is 0 Å². The summed E-state index contributed by atoms with van der Waals surface area (Å²) in [5.74, 6) is 1.42. The lowest BCUT2D eigenvalue weighted by atomic mass is 10.1. The molecule has 0 saturated heterocycles. The third kappa shape index (κ3) is 3.64. The molecule has 1 aromatic heterocycles. The SMILES string of the molecule is COc1cc(OCc2ccc(C)cc2)ccc1Cn1c(=O)[nH]c2ccccc21. The van der Waals surface area contributed by atoms with Gasteiger partial charge in [-0.2, -0.15) is 0 Å². The van der Waals surface area contributed by atoms with Crippen molar-refractivity contribution in [1.82, 2.24) is 9.55 Å². The Bertz CT molecular complexity index is 1160. The number of aromatic nitrogens is 2. The van der Waals surface area contributed by atoms with Gasteiger partial charge in [-0.05, 0) is 36.8 Å². The average molecular weight is 374 g/mol. The van der Waals surface area contributed by atoms with E-state index in [0.29, 0.717) is 18.9 Å². The highest BCUT2D eigenvalue weighted by atomic mass is 16.5. The number of rotatable bonds is 6. The predicted molar refractivity (Wildman–Crippen MR) is 110 cm³/mol. The largest absolute Gasteiger partial charge is 0.496 e. The maximum atomic E-state index is 12.3. The van der Waals surface area contributed by atoms with Crippen molar-refractivity contribution < 1.29 is 9.47 Å². The molecule has 0 fully saturated rings. The lowest BCUT2D eigenvalue weighted by Gasteiger charge is -2.13. The van der Waals surface area contributed by atoms with Crippen molar-refractivity contribution in [2.45, 2.75) is 20.1 Å². The minimum Gasteiger partial charge on any atom is -0.496 e. The number of nitrogens with zero attached hydrogens (tertiary/aromatic N) is 1. The van der Waals surface area contributed by atoms with E-state index < -0.39 is 0 Å². The number of hydrogen-bond acceptors (Lipinski definition) is 3. The highest BCUT2D eigenvalue weighted by Crippen LogP contribution is 2.26. The molecule has 4 rings (SSSR count). The minimum absolute atomic E-state index is 0.136. The van der Waals surface area contributed by atoms with Gasteiger partial charge >= 0.3 is 5.69 Å². The van der Waals surface area contributed by atoms with E-state index in [-0.39, 0.29) is 5.69 Å². The zero-order chi connectivity index (χ0) is 19.5. The van der Waals surface area contributed by atoms with Gasteiger partial charge in [0.25, 0.3) is 0 Å². The van der Waals surface area contributed by atoms with Crippen LogP contribution in [0.3, 0.4) is 0 Å². The fraction of sp³-hybridized carbons (Fsp3) is 0.174. The van der Waals surface area contributed by atoms with Gasteiger partial charge in [-0.3, -0.25) is 4.57 Å². The molecule has 0 saturated carbocycles. The number of imidazole rings is 1. The van der Waals surface area contributed by atoms with Crippen LogP contribution in [0.25, 0.3) is 11.0 Å². The molecule has 4 aromatic rings. The van der Waals surface area contributed by atoms with Gasteiger partial charge in [0, 0.05) is 11.6 Å². The molecule has 5 nitrogen and oxygen atoms in total. The van der Waals surface area contributed by atoms with Crippen LogP contribution in [0.1, 0.15) is 16.7 Å². The van der Waals surface area contributed by atoms with E-state index in [1.807, 2.05) is 42.5 Å². The third-order valence-electron chi connectivity index (χ3n) is 4.79. The Morgan fingerprint density at radius 1 is 1.00 bits per heavy atom. The fourth-order valence-electron chi connectivity index (χ4n) is 3.23. The zero-order valence-corrected chi connectivity index (χ0v) is 15.9. The summed E-state index contributed by atoms with van der Waals surface area (Å²) >= 11 is 0. The number of nitrogens with one attached hydrogen (secondary N) is 1. The van der Waals surface area contributed by atoms with Gasteiger partial charge in [-0.15, -0.1) is 0 Å². The molecule has 1 heterocycles. The van der Waals surface area contributed by atoms with E-state index in [2.05, 4.69) is 36.2 Å². The van der Waals surface area contributed by atoms with E-state index in [9.17, 15) is 4.79 Å². The second-order valence-electron chi connectivity index (χ2n) is 6.78. The van der Waals surface area contributed by atoms with Crippen LogP contribution < -0.4 is 15.2 Å². The number of aryl methyl sites for hydroxylation is 1.